The Labute approximate surface area is 94.0 Å². The Hall–Kier alpha value is -1.23. The summed E-state index contributed by atoms with van der Waals surface area (Å²) in [5.41, 5.74) is 0.406. The molecule has 5 heteroatoms. The molecule has 2 amide bonds. The smallest absolute Gasteiger partial charge is 0.234 e. The maximum Gasteiger partial charge on any atom is 0.234 e. The molecule has 0 N–H and O–H groups in total. The van der Waals surface area contributed by atoms with E-state index in [1.165, 1.54) is 18.2 Å². The monoisotopic (exact) mass is 271 g/mol. The third-order valence-electron chi connectivity index (χ3n) is 2.20. The van der Waals surface area contributed by atoms with Crippen molar-refractivity contribution in [3.8, 4) is 0 Å². The first kappa shape index (κ1) is 10.3. The van der Waals surface area contributed by atoms with Gasteiger partial charge in [-0.1, -0.05) is 0 Å². The molecule has 1 aliphatic heterocycles. The molecule has 0 atom stereocenters. The van der Waals surface area contributed by atoms with E-state index in [0.717, 1.165) is 4.90 Å². The first-order chi connectivity index (χ1) is 7.09. The molecule has 15 heavy (non-hydrogen) atoms. The fraction of sp³-hybridized carbons (Fsp3) is 0.200. The van der Waals surface area contributed by atoms with E-state index in [0.29, 0.717) is 10.2 Å². The summed E-state index contributed by atoms with van der Waals surface area (Å²) in [6, 6.07) is 3.87. The quantitative estimate of drug-likeness (QED) is 0.735. The van der Waals surface area contributed by atoms with Crippen LogP contribution in [-0.2, 0) is 9.59 Å². The minimum Gasteiger partial charge on any atom is -0.274 e. The van der Waals surface area contributed by atoms with E-state index in [1.54, 1.807) is 0 Å². The number of rotatable bonds is 1. The number of imide groups is 1. The minimum absolute atomic E-state index is 0.225. The van der Waals surface area contributed by atoms with E-state index in [1.807, 2.05) is 0 Å². The first-order valence-electron chi connectivity index (χ1n) is 4.40. The van der Waals surface area contributed by atoms with Crippen molar-refractivity contribution in [2.24, 2.45) is 0 Å². The molecule has 2 rings (SSSR count). The Morgan fingerprint density at radius 2 is 1.80 bits per heavy atom. The van der Waals surface area contributed by atoms with Gasteiger partial charge in [0, 0.05) is 17.3 Å². The van der Waals surface area contributed by atoms with Gasteiger partial charge in [-0.3, -0.25) is 9.59 Å². The third-order valence-corrected chi connectivity index (χ3v) is 2.84. The van der Waals surface area contributed by atoms with Crippen molar-refractivity contribution < 1.29 is 14.0 Å². The maximum absolute atomic E-state index is 12.8. The van der Waals surface area contributed by atoms with Crippen LogP contribution in [0, 0.1) is 5.82 Å². The SMILES string of the molecule is O=C1CCC(=O)N1c1ccc(F)cc1Br. The van der Waals surface area contributed by atoms with Gasteiger partial charge in [0.05, 0.1) is 5.69 Å². The van der Waals surface area contributed by atoms with Gasteiger partial charge < -0.3 is 0 Å². The standard InChI is InChI=1S/C10H7BrFNO2/c11-7-5-6(12)1-2-8(7)13-9(14)3-4-10(13)15/h1-2,5H,3-4H2. The minimum atomic E-state index is -0.412. The summed E-state index contributed by atoms with van der Waals surface area (Å²) in [6.45, 7) is 0. The van der Waals surface area contributed by atoms with E-state index in [-0.39, 0.29) is 24.7 Å². The summed E-state index contributed by atoms with van der Waals surface area (Å²) in [5.74, 6) is -0.899. The second kappa shape index (κ2) is 3.73. The fourth-order valence-corrected chi connectivity index (χ4v) is 2.04. The number of nitrogens with zero attached hydrogens (tertiary/aromatic N) is 1. The molecule has 1 fully saturated rings. The number of anilines is 1. The number of hydrogen-bond donors (Lipinski definition) is 0. The molecule has 0 aliphatic carbocycles. The van der Waals surface area contributed by atoms with Crippen LogP contribution in [0.5, 0.6) is 0 Å². The highest BCUT2D eigenvalue weighted by Crippen LogP contribution is 2.30. The number of amides is 2. The van der Waals surface area contributed by atoms with E-state index in [4.69, 9.17) is 0 Å². The lowest BCUT2D eigenvalue weighted by atomic mass is 10.3. The van der Waals surface area contributed by atoms with Gasteiger partial charge in [-0.05, 0) is 34.1 Å². The molecule has 0 spiro atoms. The van der Waals surface area contributed by atoms with Crippen molar-refractivity contribution in [3.05, 3.63) is 28.5 Å². The predicted octanol–water partition coefficient (Wildman–Crippen LogP) is 2.24. The van der Waals surface area contributed by atoms with Crippen molar-refractivity contribution in [2.75, 3.05) is 4.90 Å². The molecule has 0 aromatic heterocycles. The first-order valence-corrected chi connectivity index (χ1v) is 5.20. The Bertz CT molecular complexity index is 431. The van der Waals surface area contributed by atoms with Crippen molar-refractivity contribution in [1.29, 1.82) is 0 Å². The van der Waals surface area contributed by atoms with Crippen molar-refractivity contribution in [2.45, 2.75) is 12.8 Å². The Balaban J connectivity index is 2.45. The van der Waals surface area contributed by atoms with Crippen LogP contribution in [0.15, 0.2) is 22.7 Å². The molecule has 3 nitrogen and oxygen atoms in total. The van der Waals surface area contributed by atoms with Gasteiger partial charge in [0.1, 0.15) is 5.82 Å². The number of benzene rings is 1. The summed E-state index contributed by atoms with van der Waals surface area (Å²) in [5, 5.41) is 0. The zero-order chi connectivity index (χ0) is 11.0. The lowest BCUT2D eigenvalue weighted by molar-refractivity contribution is -0.121. The van der Waals surface area contributed by atoms with Crippen molar-refractivity contribution >= 4 is 33.4 Å². The lowest BCUT2D eigenvalue weighted by Gasteiger charge is -2.15. The molecule has 0 unspecified atom stereocenters. The predicted molar refractivity (Wildman–Crippen MR) is 55.8 cm³/mol. The molecular weight excluding hydrogens is 265 g/mol. The largest absolute Gasteiger partial charge is 0.274 e. The van der Waals surface area contributed by atoms with Crippen LogP contribution in [-0.4, -0.2) is 11.8 Å². The van der Waals surface area contributed by atoms with Gasteiger partial charge in [0.25, 0.3) is 0 Å². The van der Waals surface area contributed by atoms with E-state index < -0.39 is 5.82 Å². The number of halogens is 2. The van der Waals surface area contributed by atoms with Gasteiger partial charge >= 0.3 is 0 Å². The summed E-state index contributed by atoms with van der Waals surface area (Å²) < 4.78 is 13.2. The van der Waals surface area contributed by atoms with Crippen molar-refractivity contribution in [1.82, 2.24) is 0 Å². The Kier molecular flexibility index (Phi) is 2.56. The molecule has 0 radical (unpaired) electrons. The van der Waals surface area contributed by atoms with Gasteiger partial charge in [-0.15, -0.1) is 0 Å². The van der Waals surface area contributed by atoms with Gasteiger partial charge in [-0.25, -0.2) is 9.29 Å². The average Bonchev–Trinajstić information content (AvgIpc) is 2.48. The Morgan fingerprint density at radius 1 is 1.20 bits per heavy atom. The van der Waals surface area contributed by atoms with Crippen LogP contribution >= 0.6 is 15.9 Å². The highest BCUT2D eigenvalue weighted by Gasteiger charge is 2.31. The summed E-state index contributed by atoms with van der Waals surface area (Å²) >= 11 is 3.13. The molecule has 0 bridgehead atoms. The van der Waals surface area contributed by atoms with Gasteiger partial charge in [0.15, 0.2) is 0 Å². The average molecular weight is 272 g/mol. The highest BCUT2D eigenvalue weighted by molar-refractivity contribution is 9.10. The van der Waals surface area contributed by atoms with E-state index in [2.05, 4.69) is 15.9 Å². The lowest BCUT2D eigenvalue weighted by Crippen LogP contribution is -2.28. The topological polar surface area (TPSA) is 37.4 Å². The molecule has 0 saturated carbocycles. The number of carbonyl (C=O) groups is 2. The van der Waals surface area contributed by atoms with Crippen LogP contribution < -0.4 is 4.90 Å². The van der Waals surface area contributed by atoms with Crippen LogP contribution in [0.2, 0.25) is 0 Å². The normalized spacial score (nSPS) is 16.3. The highest BCUT2D eigenvalue weighted by atomic mass is 79.9. The molecular formula is C10H7BrFNO2. The number of carbonyl (C=O) groups excluding carboxylic acids is 2. The maximum atomic E-state index is 12.8. The molecule has 1 aromatic rings. The van der Waals surface area contributed by atoms with Gasteiger partial charge in [0.2, 0.25) is 11.8 Å². The molecule has 1 aliphatic rings. The summed E-state index contributed by atoms with van der Waals surface area (Å²) in [6.07, 6.45) is 0.450. The van der Waals surface area contributed by atoms with E-state index in [9.17, 15) is 14.0 Å². The summed E-state index contributed by atoms with van der Waals surface area (Å²) in [4.78, 5) is 23.9. The number of hydrogen-bond acceptors (Lipinski definition) is 2. The zero-order valence-corrected chi connectivity index (χ0v) is 9.25. The molecule has 78 valence electrons. The zero-order valence-electron chi connectivity index (χ0n) is 7.67. The third kappa shape index (κ3) is 1.79. The second-order valence-electron chi connectivity index (χ2n) is 3.22. The molecule has 1 saturated heterocycles. The summed E-state index contributed by atoms with van der Waals surface area (Å²) in [7, 11) is 0. The second-order valence-corrected chi connectivity index (χ2v) is 4.07. The van der Waals surface area contributed by atoms with Crippen LogP contribution in [0.3, 0.4) is 0 Å². The van der Waals surface area contributed by atoms with Gasteiger partial charge in [-0.2, -0.15) is 0 Å². The fourth-order valence-electron chi connectivity index (χ4n) is 1.51. The molecule has 1 heterocycles. The van der Waals surface area contributed by atoms with E-state index >= 15 is 0 Å². The Morgan fingerprint density at radius 3 is 2.33 bits per heavy atom. The molecule has 1 aromatic carbocycles. The van der Waals surface area contributed by atoms with Crippen LogP contribution in [0.1, 0.15) is 12.8 Å². The van der Waals surface area contributed by atoms with Crippen LogP contribution in [0.4, 0.5) is 10.1 Å². The van der Waals surface area contributed by atoms with Crippen molar-refractivity contribution in [3.63, 3.8) is 0 Å². The van der Waals surface area contributed by atoms with Crippen LogP contribution in [0.25, 0.3) is 0 Å².